The van der Waals surface area contributed by atoms with Crippen LogP contribution in [-0.2, 0) is 32.1 Å². The Morgan fingerprint density at radius 3 is 0.616 bits per heavy atom. The minimum Gasteiger partial charge on any atom is -0.494 e. The number of benzene rings is 5. The van der Waals surface area contributed by atoms with Crippen LogP contribution in [0.15, 0.2) is 60.7 Å². The highest BCUT2D eigenvalue weighted by molar-refractivity contribution is 5.59. The topological polar surface area (TPSA) is 92.3 Å². The molecule has 0 saturated carbocycles. The predicted molar refractivity (Wildman–Crippen MR) is 293 cm³/mol. The summed E-state index contributed by atoms with van der Waals surface area (Å²) in [4.78, 5) is 0. The second-order valence-electron chi connectivity index (χ2n) is 18.9. The van der Waals surface area contributed by atoms with Crippen LogP contribution in [0.2, 0.25) is 0 Å². The minimum atomic E-state index is 0.499. The fourth-order valence-electron chi connectivity index (χ4n) is 10.2. The van der Waals surface area contributed by atoms with E-state index in [4.69, 9.17) is 47.4 Å². The second kappa shape index (κ2) is 28.5. The van der Waals surface area contributed by atoms with E-state index in [1.807, 2.05) is 55.4 Å². The van der Waals surface area contributed by atoms with Gasteiger partial charge in [-0.05, 0) is 129 Å². The lowest BCUT2D eigenvalue weighted by atomic mass is 9.94. The lowest BCUT2D eigenvalue weighted by molar-refractivity contribution is 0.290. The Hall–Kier alpha value is -5.90. The molecule has 10 heteroatoms. The van der Waals surface area contributed by atoms with Crippen LogP contribution in [0.25, 0.3) is 0 Å². The maximum atomic E-state index is 6.90. The molecule has 5 aromatic carbocycles. The number of ether oxygens (including phenoxy) is 10. The van der Waals surface area contributed by atoms with Crippen LogP contribution in [0.3, 0.4) is 0 Å². The van der Waals surface area contributed by atoms with Gasteiger partial charge in [-0.2, -0.15) is 0 Å². The molecule has 0 fully saturated rings. The highest BCUT2D eigenvalue weighted by Crippen LogP contribution is 2.43. The van der Waals surface area contributed by atoms with Crippen molar-refractivity contribution in [3.63, 3.8) is 0 Å². The fourth-order valence-corrected chi connectivity index (χ4v) is 10.2. The number of fused-ring (bicyclic) bond motifs is 13. The molecule has 11 aliphatic rings. The standard InChI is InChI=1S/C63H84O10/c1-9-64-54-36-46-30-48-38-60(70-15-7)50(40-58(48)68-13-5)32-52-42-63-53(43-62(52)72-27-25-23-21-19-17-18-20-22-24-26-28-73-63)33-51-41-59(69-14-6)49(39-61(51)71-16-8)31-47-37-55(65-10-2)45(35-57(47)67-12-4)29-44(54)34-56(46)66-11-3/h34-43H,9-33H2,1-8H3. The number of hydrogen-bond donors (Lipinski definition) is 0. The van der Waals surface area contributed by atoms with E-state index in [1.165, 1.54) is 38.5 Å². The average molecular weight is 1000 g/mol. The van der Waals surface area contributed by atoms with E-state index < -0.39 is 0 Å². The molecule has 16 rings (SSSR count). The molecule has 0 unspecified atom stereocenters. The van der Waals surface area contributed by atoms with Gasteiger partial charge in [-0.25, -0.2) is 0 Å². The second-order valence-corrected chi connectivity index (χ2v) is 18.9. The van der Waals surface area contributed by atoms with E-state index in [0.29, 0.717) is 98.2 Å². The molecule has 5 aromatic rings. The van der Waals surface area contributed by atoms with E-state index in [1.54, 1.807) is 0 Å². The molecule has 2 heterocycles. The van der Waals surface area contributed by atoms with Crippen molar-refractivity contribution in [3.8, 4) is 57.5 Å². The van der Waals surface area contributed by atoms with E-state index >= 15 is 0 Å². The third kappa shape index (κ3) is 14.9. The van der Waals surface area contributed by atoms with E-state index in [-0.39, 0.29) is 0 Å². The number of rotatable bonds is 16. The maximum absolute atomic E-state index is 6.90. The highest BCUT2D eigenvalue weighted by atomic mass is 16.5. The zero-order valence-corrected chi connectivity index (χ0v) is 45.5. The Labute approximate surface area is 437 Å². The highest BCUT2D eigenvalue weighted by Gasteiger charge is 2.24. The van der Waals surface area contributed by atoms with Gasteiger partial charge in [0, 0.05) is 87.7 Å². The molecule has 0 atom stereocenters. The quantitative estimate of drug-likeness (QED) is 0.0933. The smallest absolute Gasteiger partial charge is 0.123 e. The summed E-state index contributed by atoms with van der Waals surface area (Å²) in [5, 5.41) is 0. The van der Waals surface area contributed by atoms with E-state index in [0.717, 1.165) is 139 Å². The van der Waals surface area contributed by atoms with Gasteiger partial charge in [0.25, 0.3) is 0 Å². The van der Waals surface area contributed by atoms with E-state index in [9.17, 15) is 0 Å². The van der Waals surface area contributed by atoms with Crippen molar-refractivity contribution in [1.29, 1.82) is 0 Å². The average Bonchev–Trinajstić information content (AvgIpc) is 3.37. The molecular formula is C63H84O10. The van der Waals surface area contributed by atoms with Crippen LogP contribution in [-0.4, -0.2) is 66.1 Å². The van der Waals surface area contributed by atoms with Crippen molar-refractivity contribution < 1.29 is 47.4 Å². The van der Waals surface area contributed by atoms with Crippen molar-refractivity contribution >= 4 is 0 Å². The van der Waals surface area contributed by atoms with Crippen LogP contribution in [0.4, 0.5) is 0 Å². The molecule has 12 bridgehead atoms. The van der Waals surface area contributed by atoms with Crippen LogP contribution >= 0.6 is 0 Å². The largest absolute Gasteiger partial charge is 0.494 e. The van der Waals surface area contributed by atoms with Crippen LogP contribution in [0.1, 0.15) is 175 Å². The molecular weight excluding hydrogens is 917 g/mol. The first-order valence-electron chi connectivity index (χ1n) is 27.9. The van der Waals surface area contributed by atoms with Gasteiger partial charge in [-0.15, -0.1) is 0 Å². The molecule has 2 aliphatic heterocycles. The molecule has 9 aliphatic carbocycles. The fraction of sp³-hybridized carbons (Fsp3) is 0.524. The van der Waals surface area contributed by atoms with Crippen LogP contribution < -0.4 is 47.4 Å². The van der Waals surface area contributed by atoms with Crippen LogP contribution in [0, 0.1) is 0 Å². The summed E-state index contributed by atoms with van der Waals surface area (Å²) in [6, 6.07) is 21.6. The van der Waals surface area contributed by atoms with E-state index in [2.05, 4.69) is 60.7 Å². The van der Waals surface area contributed by atoms with Gasteiger partial charge < -0.3 is 47.4 Å². The molecule has 0 spiro atoms. The van der Waals surface area contributed by atoms with Gasteiger partial charge in [0.05, 0.1) is 66.1 Å². The van der Waals surface area contributed by atoms with Gasteiger partial charge >= 0.3 is 0 Å². The van der Waals surface area contributed by atoms with Gasteiger partial charge in [-0.3, -0.25) is 0 Å². The van der Waals surface area contributed by atoms with Gasteiger partial charge in [-0.1, -0.05) is 51.4 Å². The Morgan fingerprint density at radius 2 is 0.425 bits per heavy atom. The lowest BCUT2D eigenvalue weighted by Crippen LogP contribution is -2.09. The SMILES string of the molecule is CCOc1cc2c(OCC)cc1Cc1cc(OCC)c(cc1OCC)Cc1cc(OCC)c(cc1OCC)Cc1cc3c(cc1OCCCCCCCCCCCCO3)Cc1cc(OCC)c(cc1OCC)C2. The third-order valence-electron chi connectivity index (χ3n) is 13.6. The molecule has 396 valence electrons. The zero-order valence-electron chi connectivity index (χ0n) is 45.5. The molecule has 73 heavy (non-hydrogen) atoms. The molecule has 10 nitrogen and oxygen atoms in total. The molecule has 0 saturated heterocycles. The Morgan fingerprint density at radius 1 is 0.247 bits per heavy atom. The van der Waals surface area contributed by atoms with Crippen molar-refractivity contribution in [1.82, 2.24) is 0 Å². The summed E-state index contributed by atoms with van der Waals surface area (Å²) in [6.45, 7) is 21.5. The molecule has 0 radical (unpaired) electrons. The first kappa shape index (κ1) is 54.9. The summed E-state index contributed by atoms with van der Waals surface area (Å²) in [6.07, 6.45) is 14.6. The first-order valence-corrected chi connectivity index (χ1v) is 27.9. The maximum Gasteiger partial charge on any atom is 0.123 e. The van der Waals surface area contributed by atoms with Gasteiger partial charge in [0.2, 0.25) is 0 Å². The summed E-state index contributed by atoms with van der Waals surface area (Å²) in [5.74, 6) is 8.07. The van der Waals surface area contributed by atoms with Crippen LogP contribution in [0.5, 0.6) is 57.5 Å². The van der Waals surface area contributed by atoms with Crippen molar-refractivity contribution in [2.45, 2.75) is 152 Å². The summed E-state index contributed by atoms with van der Waals surface area (Å²) in [5.41, 5.74) is 10.1. The van der Waals surface area contributed by atoms with Crippen molar-refractivity contribution in [3.05, 3.63) is 116 Å². The Bertz CT molecular complexity index is 2360. The predicted octanol–water partition coefficient (Wildman–Crippen LogP) is 14.8. The Kier molecular flexibility index (Phi) is 21.4. The van der Waals surface area contributed by atoms with Crippen molar-refractivity contribution in [2.24, 2.45) is 0 Å². The van der Waals surface area contributed by atoms with Gasteiger partial charge in [0.1, 0.15) is 57.5 Å². The summed E-state index contributed by atoms with van der Waals surface area (Å²) in [7, 11) is 0. The molecule has 0 N–H and O–H groups in total. The Balaban J connectivity index is 1.49. The normalized spacial score (nSPS) is 14.6. The monoisotopic (exact) mass is 1000 g/mol. The minimum absolute atomic E-state index is 0.499. The first-order chi connectivity index (χ1) is 35.8. The van der Waals surface area contributed by atoms with Gasteiger partial charge in [0.15, 0.2) is 0 Å². The summed E-state index contributed by atoms with van der Waals surface area (Å²) >= 11 is 0. The van der Waals surface area contributed by atoms with Crippen molar-refractivity contribution in [2.75, 3.05) is 66.1 Å². The number of hydrogen-bond acceptors (Lipinski definition) is 10. The lowest BCUT2D eigenvalue weighted by Gasteiger charge is -2.22. The molecule has 0 aromatic heterocycles. The summed E-state index contributed by atoms with van der Waals surface area (Å²) < 4.78 is 66.0. The zero-order chi connectivity index (χ0) is 51.4. The molecule has 0 amide bonds. The third-order valence-corrected chi connectivity index (χ3v) is 13.6.